The lowest BCUT2D eigenvalue weighted by Crippen LogP contribution is -2.42. The van der Waals surface area contributed by atoms with Crippen molar-refractivity contribution in [2.45, 2.75) is 31.1 Å². The van der Waals surface area contributed by atoms with E-state index in [0.717, 1.165) is 37.1 Å². The maximum Gasteiger partial charge on any atom is 0.310 e. The summed E-state index contributed by atoms with van der Waals surface area (Å²) in [4.78, 5) is 30.3. The summed E-state index contributed by atoms with van der Waals surface area (Å²) in [7, 11) is 4.05. The fraction of sp³-hybridized carbons (Fsp3) is 0.517. The van der Waals surface area contributed by atoms with Crippen molar-refractivity contribution >= 4 is 35.1 Å². The molecule has 0 radical (unpaired) electrons. The molecule has 0 aliphatic carbocycles. The van der Waals surface area contributed by atoms with Gasteiger partial charge in [-0.2, -0.15) is 0 Å². The van der Waals surface area contributed by atoms with E-state index in [1.807, 2.05) is 62.6 Å². The third-order valence-corrected chi connectivity index (χ3v) is 8.11. The van der Waals surface area contributed by atoms with E-state index >= 15 is 0 Å². The van der Waals surface area contributed by atoms with Crippen LogP contribution < -0.4 is 0 Å². The van der Waals surface area contributed by atoms with Crippen LogP contribution in [0.2, 0.25) is 10.0 Å². The Balaban J connectivity index is 1.26. The molecule has 0 amide bonds. The molecule has 8 heteroatoms. The first kappa shape index (κ1) is 27.9. The predicted molar refractivity (Wildman–Crippen MR) is 146 cm³/mol. The standard InChI is InChI=1S/C29H36Cl2N2O4/c1-32-14-12-24(20-4-8-22(30)9-5-20)26(18-32)28(34)36-16-3-17-37-29(35)27-19-33(2)15-13-25(27)21-6-10-23(31)11-7-21/h4-11,24-27H,3,12-19H2,1-2H3/t24-,25-,26+,27?/m1/s1. The number of hydrogen-bond acceptors (Lipinski definition) is 6. The maximum atomic E-state index is 13.0. The van der Waals surface area contributed by atoms with Gasteiger partial charge in [0, 0.05) is 29.6 Å². The van der Waals surface area contributed by atoms with Crippen LogP contribution in [0.5, 0.6) is 0 Å². The van der Waals surface area contributed by atoms with Gasteiger partial charge in [-0.3, -0.25) is 9.59 Å². The lowest BCUT2D eigenvalue weighted by atomic mass is 9.80. The second-order valence-corrected chi connectivity index (χ2v) is 11.2. The molecule has 2 heterocycles. The molecule has 1 unspecified atom stereocenters. The minimum absolute atomic E-state index is 0.104. The predicted octanol–water partition coefficient (Wildman–Crippen LogP) is 5.24. The Bertz CT molecular complexity index is 963. The number of piperidine rings is 2. The Labute approximate surface area is 229 Å². The molecular weight excluding hydrogens is 511 g/mol. The molecule has 2 aliphatic rings. The van der Waals surface area contributed by atoms with Gasteiger partial charge in [0.2, 0.25) is 0 Å². The zero-order valence-electron chi connectivity index (χ0n) is 21.6. The Morgan fingerprint density at radius 2 is 1.11 bits per heavy atom. The summed E-state index contributed by atoms with van der Waals surface area (Å²) in [5.74, 6) is -0.663. The van der Waals surface area contributed by atoms with Crippen LogP contribution in [0.25, 0.3) is 0 Å². The van der Waals surface area contributed by atoms with E-state index < -0.39 is 0 Å². The van der Waals surface area contributed by atoms with Gasteiger partial charge < -0.3 is 19.3 Å². The van der Waals surface area contributed by atoms with Crippen LogP contribution in [0.3, 0.4) is 0 Å². The van der Waals surface area contributed by atoms with Gasteiger partial charge in [0.05, 0.1) is 25.0 Å². The SMILES string of the molecule is CN1CC[C@H](c2ccc(Cl)cc2)C(C(=O)OCCCOC(=O)[C@H]2CN(C)CC[C@@H]2c2ccc(Cl)cc2)C1. The van der Waals surface area contributed by atoms with Crippen molar-refractivity contribution in [1.29, 1.82) is 0 Å². The van der Waals surface area contributed by atoms with Crippen LogP contribution >= 0.6 is 23.2 Å². The van der Waals surface area contributed by atoms with Crippen molar-refractivity contribution in [2.75, 3.05) is 53.5 Å². The summed E-state index contributed by atoms with van der Waals surface area (Å²) >= 11 is 12.1. The Morgan fingerprint density at radius 1 is 0.730 bits per heavy atom. The summed E-state index contributed by atoms with van der Waals surface area (Å²) in [5, 5.41) is 1.37. The number of nitrogens with zero attached hydrogens (tertiary/aromatic N) is 2. The fourth-order valence-corrected chi connectivity index (χ4v) is 5.80. The number of hydrogen-bond donors (Lipinski definition) is 0. The van der Waals surface area contributed by atoms with Gasteiger partial charge >= 0.3 is 11.9 Å². The molecule has 0 spiro atoms. The number of carbonyl (C=O) groups is 2. The van der Waals surface area contributed by atoms with Crippen LogP contribution in [0.15, 0.2) is 48.5 Å². The first-order valence-corrected chi connectivity index (χ1v) is 13.8. The minimum Gasteiger partial charge on any atom is -0.465 e. The summed E-state index contributed by atoms with van der Waals surface area (Å²) in [6, 6.07) is 15.5. The van der Waals surface area contributed by atoms with E-state index in [4.69, 9.17) is 32.7 Å². The molecule has 0 saturated carbocycles. The molecule has 0 aromatic heterocycles. The molecule has 2 aromatic rings. The normalized spacial score (nSPS) is 25.0. The summed E-state index contributed by atoms with van der Waals surface area (Å²) < 4.78 is 11.3. The van der Waals surface area contributed by atoms with Crippen LogP contribution in [0.1, 0.15) is 42.2 Å². The number of carbonyl (C=O) groups excluding carboxylic acids is 2. The largest absolute Gasteiger partial charge is 0.465 e. The third kappa shape index (κ3) is 7.47. The Kier molecular flexibility index (Phi) is 9.88. The van der Waals surface area contributed by atoms with E-state index in [1.54, 1.807) is 0 Å². The van der Waals surface area contributed by atoms with Gasteiger partial charge in [-0.1, -0.05) is 47.5 Å². The van der Waals surface area contributed by atoms with Crippen LogP contribution in [0, 0.1) is 11.8 Å². The van der Waals surface area contributed by atoms with Gasteiger partial charge in [0.15, 0.2) is 0 Å². The third-order valence-electron chi connectivity index (χ3n) is 7.61. The molecule has 2 saturated heterocycles. The van der Waals surface area contributed by atoms with Gasteiger partial charge in [-0.05, 0) is 87.3 Å². The summed E-state index contributed by atoms with van der Waals surface area (Å²) in [6.07, 6.45) is 2.25. The van der Waals surface area contributed by atoms with E-state index in [0.29, 0.717) is 29.6 Å². The average Bonchev–Trinajstić information content (AvgIpc) is 2.89. The van der Waals surface area contributed by atoms with Gasteiger partial charge in [-0.25, -0.2) is 0 Å². The van der Waals surface area contributed by atoms with Crippen molar-refractivity contribution in [3.8, 4) is 0 Å². The molecule has 37 heavy (non-hydrogen) atoms. The van der Waals surface area contributed by atoms with Crippen LogP contribution in [0.4, 0.5) is 0 Å². The van der Waals surface area contributed by atoms with E-state index in [1.165, 1.54) is 0 Å². The van der Waals surface area contributed by atoms with Crippen LogP contribution in [-0.2, 0) is 19.1 Å². The van der Waals surface area contributed by atoms with Crippen molar-refractivity contribution < 1.29 is 19.1 Å². The lowest BCUT2D eigenvalue weighted by molar-refractivity contribution is -0.153. The monoisotopic (exact) mass is 546 g/mol. The zero-order valence-corrected chi connectivity index (χ0v) is 23.1. The Morgan fingerprint density at radius 3 is 1.49 bits per heavy atom. The Hall–Kier alpha value is -2.12. The molecular formula is C29H36Cl2N2O4. The van der Waals surface area contributed by atoms with E-state index in [2.05, 4.69) is 9.80 Å². The highest BCUT2D eigenvalue weighted by Crippen LogP contribution is 2.35. The van der Waals surface area contributed by atoms with Crippen LogP contribution in [-0.4, -0.2) is 75.2 Å². The highest BCUT2D eigenvalue weighted by molar-refractivity contribution is 6.30. The number of esters is 2. The summed E-state index contributed by atoms with van der Waals surface area (Å²) in [6.45, 7) is 3.63. The molecule has 2 aromatic carbocycles. The number of likely N-dealkylation sites (tertiary alicyclic amines) is 2. The molecule has 2 aliphatic heterocycles. The molecule has 0 N–H and O–H groups in total. The smallest absolute Gasteiger partial charge is 0.310 e. The number of ether oxygens (including phenoxy) is 2. The number of halogens is 2. The first-order valence-electron chi connectivity index (χ1n) is 13.0. The average molecular weight is 548 g/mol. The second-order valence-electron chi connectivity index (χ2n) is 10.3. The molecule has 200 valence electrons. The molecule has 4 rings (SSSR count). The fourth-order valence-electron chi connectivity index (χ4n) is 5.54. The zero-order chi connectivity index (χ0) is 26.4. The molecule has 6 nitrogen and oxygen atoms in total. The molecule has 2 fully saturated rings. The highest BCUT2D eigenvalue weighted by Gasteiger charge is 2.36. The van der Waals surface area contributed by atoms with Crippen molar-refractivity contribution in [3.05, 3.63) is 69.7 Å². The first-order chi connectivity index (χ1) is 17.8. The topological polar surface area (TPSA) is 59.1 Å². The van der Waals surface area contributed by atoms with Gasteiger partial charge in [-0.15, -0.1) is 0 Å². The number of rotatable bonds is 8. The molecule has 0 bridgehead atoms. The highest BCUT2D eigenvalue weighted by atomic mass is 35.5. The maximum absolute atomic E-state index is 13.0. The quantitative estimate of drug-likeness (QED) is 0.333. The lowest BCUT2D eigenvalue weighted by Gasteiger charge is -2.36. The summed E-state index contributed by atoms with van der Waals surface area (Å²) in [5.41, 5.74) is 2.22. The van der Waals surface area contributed by atoms with Gasteiger partial charge in [0.1, 0.15) is 0 Å². The minimum atomic E-state index is -0.236. The van der Waals surface area contributed by atoms with Crippen molar-refractivity contribution in [1.82, 2.24) is 9.80 Å². The second kappa shape index (κ2) is 13.1. The van der Waals surface area contributed by atoms with Crippen molar-refractivity contribution in [3.63, 3.8) is 0 Å². The van der Waals surface area contributed by atoms with Crippen molar-refractivity contribution in [2.24, 2.45) is 11.8 Å². The van der Waals surface area contributed by atoms with E-state index in [9.17, 15) is 9.59 Å². The van der Waals surface area contributed by atoms with E-state index in [-0.39, 0.29) is 48.8 Å². The van der Waals surface area contributed by atoms with Gasteiger partial charge in [0.25, 0.3) is 0 Å². The number of benzene rings is 2. The molecule has 4 atom stereocenters.